The van der Waals surface area contributed by atoms with Gasteiger partial charge in [-0.25, -0.2) is 0 Å². The van der Waals surface area contributed by atoms with Gasteiger partial charge >= 0.3 is 0 Å². The average Bonchev–Trinajstić information content (AvgIpc) is 2.60. The van der Waals surface area contributed by atoms with Gasteiger partial charge in [-0.05, 0) is 33.0 Å². The summed E-state index contributed by atoms with van der Waals surface area (Å²) < 4.78 is 5.32. The lowest BCUT2D eigenvalue weighted by atomic mass is 10.0. The minimum absolute atomic E-state index is 0.555. The molecule has 1 atom stereocenters. The van der Waals surface area contributed by atoms with Crippen LogP contribution in [0, 0.1) is 12.8 Å². The van der Waals surface area contributed by atoms with Crippen LogP contribution in [0.1, 0.15) is 25.2 Å². The molecule has 0 fully saturated rings. The summed E-state index contributed by atoms with van der Waals surface area (Å²) in [4.78, 5) is 2.39. The molecule has 1 heterocycles. The van der Waals surface area contributed by atoms with Gasteiger partial charge in [-0.15, -0.1) is 0 Å². The van der Waals surface area contributed by atoms with Crippen molar-refractivity contribution in [3.05, 3.63) is 23.7 Å². The Hall–Kier alpha value is -0.800. The normalized spacial score (nSPS) is 13.7. The highest BCUT2D eigenvalue weighted by Crippen LogP contribution is 2.15. The van der Waals surface area contributed by atoms with E-state index in [9.17, 15) is 0 Å². The molecule has 3 heteroatoms. The molecule has 1 unspecified atom stereocenters. The van der Waals surface area contributed by atoms with Crippen LogP contribution in [0.15, 0.2) is 16.7 Å². The summed E-state index contributed by atoms with van der Waals surface area (Å²) >= 11 is 0. The molecule has 1 aromatic rings. The fraction of sp³-hybridized carbons (Fsp3) is 0.692. The largest absolute Gasteiger partial charge is 0.469 e. The molecule has 0 saturated heterocycles. The summed E-state index contributed by atoms with van der Waals surface area (Å²) in [6.45, 7) is 8.52. The number of nitrogens with zero attached hydrogens (tertiary/aromatic N) is 1. The van der Waals surface area contributed by atoms with Crippen molar-refractivity contribution in [3.63, 3.8) is 0 Å². The minimum Gasteiger partial charge on any atom is -0.469 e. The minimum atomic E-state index is 0.555. The van der Waals surface area contributed by atoms with Gasteiger partial charge < -0.3 is 9.73 Å². The van der Waals surface area contributed by atoms with Crippen LogP contribution >= 0.6 is 0 Å². The summed E-state index contributed by atoms with van der Waals surface area (Å²) in [5.41, 5.74) is 1.28. The standard InChI is InChI=1S/C13H24N2O/c1-10(2)13(8-14-4)15(5)9-12-6-7-16-11(12)3/h6-7,10,13-14H,8-9H2,1-5H3. The molecule has 0 spiro atoms. The third-order valence-corrected chi connectivity index (χ3v) is 3.13. The van der Waals surface area contributed by atoms with Crippen molar-refractivity contribution in [2.24, 2.45) is 5.92 Å². The maximum atomic E-state index is 5.32. The zero-order valence-corrected chi connectivity index (χ0v) is 11.1. The Balaban J connectivity index is 2.62. The molecule has 92 valence electrons. The van der Waals surface area contributed by atoms with E-state index in [4.69, 9.17) is 4.42 Å². The number of nitrogens with one attached hydrogen (secondary N) is 1. The number of hydrogen-bond acceptors (Lipinski definition) is 3. The monoisotopic (exact) mass is 224 g/mol. The Labute approximate surface area is 98.8 Å². The van der Waals surface area contributed by atoms with E-state index in [-0.39, 0.29) is 0 Å². The zero-order chi connectivity index (χ0) is 12.1. The number of rotatable bonds is 6. The Bertz CT molecular complexity index is 307. The van der Waals surface area contributed by atoms with Crippen molar-refractivity contribution in [2.75, 3.05) is 20.6 Å². The van der Waals surface area contributed by atoms with Crippen molar-refractivity contribution in [3.8, 4) is 0 Å². The summed E-state index contributed by atoms with van der Waals surface area (Å²) in [7, 11) is 4.18. The molecule has 3 nitrogen and oxygen atoms in total. The van der Waals surface area contributed by atoms with Crippen LogP contribution in [0.25, 0.3) is 0 Å². The van der Waals surface area contributed by atoms with E-state index >= 15 is 0 Å². The van der Waals surface area contributed by atoms with Gasteiger partial charge in [0.1, 0.15) is 5.76 Å². The topological polar surface area (TPSA) is 28.4 Å². The molecule has 0 bridgehead atoms. The lowest BCUT2D eigenvalue weighted by molar-refractivity contribution is 0.181. The fourth-order valence-electron chi connectivity index (χ4n) is 2.07. The molecular weight excluding hydrogens is 200 g/mol. The molecule has 0 amide bonds. The fourth-order valence-corrected chi connectivity index (χ4v) is 2.07. The first-order valence-electron chi connectivity index (χ1n) is 5.94. The molecule has 0 aliphatic heterocycles. The third kappa shape index (κ3) is 3.35. The predicted octanol–water partition coefficient (Wildman–Crippen LogP) is 2.26. The number of aryl methyl sites for hydroxylation is 1. The Morgan fingerprint density at radius 2 is 2.12 bits per heavy atom. The molecule has 0 aromatic carbocycles. The second kappa shape index (κ2) is 6.06. The van der Waals surface area contributed by atoms with Crippen LogP contribution in [0.3, 0.4) is 0 Å². The van der Waals surface area contributed by atoms with Gasteiger partial charge in [0, 0.05) is 24.7 Å². The van der Waals surface area contributed by atoms with Gasteiger partial charge in [-0.1, -0.05) is 13.8 Å². The van der Waals surface area contributed by atoms with Crippen LogP contribution in [-0.2, 0) is 6.54 Å². The van der Waals surface area contributed by atoms with E-state index in [0.717, 1.165) is 18.8 Å². The van der Waals surface area contributed by atoms with Crippen molar-refractivity contribution in [1.82, 2.24) is 10.2 Å². The highest BCUT2D eigenvalue weighted by atomic mass is 16.3. The predicted molar refractivity (Wildman–Crippen MR) is 67.5 cm³/mol. The summed E-state index contributed by atoms with van der Waals surface area (Å²) in [6.07, 6.45) is 1.76. The summed E-state index contributed by atoms with van der Waals surface area (Å²) in [6, 6.07) is 2.61. The molecule has 1 N–H and O–H groups in total. The number of hydrogen-bond donors (Lipinski definition) is 1. The van der Waals surface area contributed by atoms with E-state index in [1.165, 1.54) is 5.56 Å². The first-order chi connectivity index (χ1) is 7.56. The molecule has 16 heavy (non-hydrogen) atoms. The SMILES string of the molecule is CNCC(C(C)C)N(C)Cc1ccoc1C. The number of furan rings is 1. The van der Waals surface area contributed by atoms with Crippen molar-refractivity contribution < 1.29 is 4.42 Å². The van der Waals surface area contributed by atoms with Crippen LogP contribution < -0.4 is 5.32 Å². The first kappa shape index (κ1) is 13.3. The molecule has 0 aliphatic carbocycles. The molecule has 0 aliphatic rings. The lowest BCUT2D eigenvalue weighted by Crippen LogP contribution is -2.42. The van der Waals surface area contributed by atoms with E-state index in [0.29, 0.717) is 12.0 Å². The molecule has 1 rings (SSSR count). The van der Waals surface area contributed by atoms with Crippen molar-refractivity contribution in [1.29, 1.82) is 0 Å². The van der Waals surface area contributed by atoms with Crippen molar-refractivity contribution >= 4 is 0 Å². The van der Waals surface area contributed by atoms with Gasteiger partial charge in [0.05, 0.1) is 6.26 Å². The lowest BCUT2D eigenvalue weighted by Gasteiger charge is -2.31. The van der Waals surface area contributed by atoms with Crippen LogP contribution in [0.5, 0.6) is 0 Å². The Kier molecular flexibility index (Phi) is 5.03. The van der Waals surface area contributed by atoms with Crippen LogP contribution in [0.4, 0.5) is 0 Å². The first-order valence-corrected chi connectivity index (χ1v) is 5.94. The van der Waals surface area contributed by atoms with Gasteiger partial charge in [0.15, 0.2) is 0 Å². The van der Waals surface area contributed by atoms with E-state index < -0.39 is 0 Å². The Morgan fingerprint density at radius 1 is 1.44 bits per heavy atom. The second-order valence-electron chi connectivity index (χ2n) is 4.79. The van der Waals surface area contributed by atoms with E-state index in [2.05, 4.69) is 37.2 Å². The van der Waals surface area contributed by atoms with Gasteiger partial charge in [0.25, 0.3) is 0 Å². The highest BCUT2D eigenvalue weighted by molar-refractivity contribution is 5.15. The molecule has 0 radical (unpaired) electrons. The molecule has 0 saturated carbocycles. The van der Waals surface area contributed by atoms with Gasteiger partial charge in [-0.2, -0.15) is 0 Å². The summed E-state index contributed by atoms with van der Waals surface area (Å²) in [5.74, 6) is 1.67. The molecule has 1 aromatic heterocycles. The Morgan fingerprint density at radius 3 is 2.56 bits per heavy atom. The summed E-state index contributed by atoms with van der Waals surface area (Å²) in [5, 5.41) is 3.26. The number of likely N-dealkylation sites (N-methyl/N-ethyl adjacent to an activating group) is 2. The zero-order valence-electron chi connectivity index (χ0n) is 11.1. The average molecular weight is 224 g/mol. The van der Waals surface area contributed by atoms with E-state index in [1.54, 1.807) is 6.26 Å². The highest BCUT2D eigenvalue weighted by Gasteiger charge is 2.18. The van der Waals surface area contributed by atoms with Gasteiger partial charge in [0.2, 0.25) is 0 Å². The smallest absolute Gasteiger partial charge is 0.105 e. The second-order valence-corrected chi connectivity index (χ2v) is 4.79. The van der Waals surface area contributed by atoms with E-state index in [1.807, 2.05) is 14.0 Å². The molecular formula is C13H24N2O. The van der Waals surface area contributed by atoms with Crippen molar-refractivity contribution in [2.45, 2.75) is 33.4 Å². The maximum absolute atomic E-state index is 5.32. The maximum Gasteiger partial charge on any atom is 0.105 e. The van der Waals surface area contributed by atoms with Crippen LogP contribution in [0.2, 0.25) is 0 Å². The van der Waals surface area contributed by atoms with Crippen LogP contribution in [-0.4, -0.2) is 31.6 Å². The quantitative estimate of drug-likeness (QED) is 0.803. The third-order valence-electron chi connectivity index (χ3n) is 3.13. The van der Waals surface area contributed by atoms with Gasteiger partial charge in [-0.3, -0.25) is 4.90 Å².